The van der Waals surface area contributed by atoms with Gasteiger partial charge in [-0.1, -0.05) is 12.1 Å². The van der Waals surface area contributed by atoms with Gasteiger partial charge in [0.25, 0.3) is 0 Å². The molecule has 5 fully saturated rings. The number of hydrogen-bond acceptors (Lipinski definition) is 4. The van der Waals surface area contributed by atoms with E-state index in [2.05, 4.69) is 16.3 Å². The molecule has 0 aromatic heterocycles. The first-order valence-corrected chi connectivity index (χ1v) is 12.1. The molecular formula is C25H35N3O3. The Hall–Kier alpha value is -2.24. The van der Waals surface area contributed by atoms with Gasteiger partial charge in [0.2, 0.25) is 11.8 Å². The van der Waals surface area contributed by atoms with Crippen LogP contribution in [0.25, 0.3) is 0 Å². The van der Waals surface area contributed by atoms with Crippen LogP contribution in [0.15, 0.2) is 24.3 Å². The second kappa shape index (κ2) is 8.36. The monoisotopic (exact) mass is 425 g/mol. The third-order valence-corrected chi connectivity index (χ3v) is 8.06. The van der Waals surface area contributed by atoms with Gasteiger partial charge in [-0.05, 0) is 75.3 Å². The van der Waals surface area contributed by atoms with Crippen molar-refractivity contribution in [1.29, 1.82) is 0 Å². The Morgan fingerprint density at radius 3 is 2.23 bits per heavy atom. The number of ether oxygens (including phenoxy) is 1. The third kappa shape index (κ3) is 4.01. The topological polar surface area (TPSA) is 61.9 Å². The van der Waals surface area contributed by atoms with Crippen LogP contribution in [0.1, 0.15) is 45.4 Å². The summed E-state index contributed by atoms with van der Waals surface area (Å²) < 4.78 is 5.76. The fourth-order valence-corrected chi connectivity index (χ4v) is 7.04. The number of carbonyl (C=O) groups excluding carboxylic acids is 2. The molecule has 168 valence electrons. The number of carbonyl (C=O) groups is 2. The summed E-state index contributed by atoms with van der Waals surface area (Å²) >= 11 is 0. The summed E-state index contributed by atoms with van der Waals surface area (Å²) in [7, 11) is 0. The second-order valence-corrected chi connectivity index (χ2v) is 10.1. The minimum absolute atomic E-state index is 0.0378. The average Bonchev–Trinajstić information content (AvgIpc) is 2.77. The van der Waals surface area contributed by atoms with Crippen LogP contribution >= 0.6 is 0 Å². The maximum absolute atomic E-state index is 13.1. The first-order valence-electron chi connectivity index (χ1n) is 12.1. The molecule has 0 spiro atoms. The first-order chi connectivity index (χ1) is 15.1. The summed E-state index contributed by atoms with van der Waals surface area (Å²) in [6.07, 6.45) is 7.08. The fourth-order valence-electron chi connectivity index (χ4n) is 7.04. The summed E-state index contributed by atoms with van der Waals surface area (Å²) in [4.78, 5) is 30.1. The van der Waals surface area contributed by atoms with Gasteiger partial charge in [0.15, 0.2) is 0 Å². The average molecular weight is 426 g/mol. The van der Waals surface area contributed by atoms with Crippen molar-refractivity contribution in [3.63, 3.8) is 0 Å². The first kappa shape index (κ1) is 20.7. The van der Waals surface area contributed by atoms with E-state index in [1.165, 1.54) is 19.3 Å². The predicted octanol–water partition coefficient (Wildman–Crippen LogP) is 3.07. The molecule has 0 radical (unpaired) electrons. The van der Waals surface area contributed by atoms with E-state index in [1.54, 1.807) is 0 Å². The quantitative estimate of drug-likeness (QED) is 0.761. The van der Waals surface area contributed by atoms with Crippen LogP contribution in [0.4, 0.5) is 5.69 Å². The zero-order valence-electron chi connectivity index (χ0n) is 18.6. The van der Waals surface area contributed by atoms with Gasteiger partial charge in [0.1, 0.15) is 5.75 Å². The largest absolute Gasteiger partial charge is 0.492 e. The molecule has 1 aliphatic heterocycles. The number of rotatable bonds is 6. The molecule has 4 bridgehead atoms. The van der Waals surface area contributed by atoms with E-state index in [4.69, 9.17) is 4.74 Å². The Balaban J connectivity index is 1.13. The van der Waals surface area contributed by atoms with Crippen LogP contribution in [0.3, 0.4) is 0 Å². The molecular weight excluding hydrogens is 390 g/mol. The molecule has 1 aromatic rings. The Morgan fingerprint density at radius 2 is 1.61 bits per heavy atom. The molecule has 6 heteroatoms. The van der Waals surface area contributed by atoms with E-state index < -0.39 is 0 Å². The summed E-state index contributed by atoms with van der Waals surface area (Å²) in [5.74, 6) is 3.29. The maximum atomic E-state index is 13.1. The van der Waals surface area contributed by atoms with Crippen molar-refractivity contribution in [3.8, 4) is 5.75 Å². The lowest BCUT2D eigenvalue weighted by atomic mass is 9.49. The minimum Gasteiger partial charge on any atom is -0.492 e. The van der Waals surface area contributed by atoms with E-state index in [1.807, 2.05) is 30.0 Å². The van der Waals surface area contributed by atoms with Crippen LogP contribution < -0.4 is 15.0 Å². The molecule has 6 rings (SSSR count). The number of hydrogen-bond donors (Lipinski definition) is 1. The van der Waals surface area contributed by atoms with Gasteiger partial charge in [0, 0.05) is 31.6 Å². The Morgan fingerprint density at radius 1 is 1.00 bits per heavy atom. The maximum Gasteiger partial charge on any atom is 0.242 e. The van der Waals surface area contributed by atoms with E-state index in [9.17, 15) is 9.59 Å². The minimum atomic E-state index is -0.184. The summed E-state index contributed by atoms with van der Waals surface area (Å²) in [5.41, 5.74) is 0.906. The normalized spacial score (nSPS) is 31.6. The van der Waals surface area contributed by atoms with E-state index in [0.29, 0.717) is 19.7 Å². The smallest absolute Gasteiger partial charge is 0.242 e. The Labute approximate surface area is 185 Å². The van der Waals surface area contributed by atoms with Crippen LogP contribution in [-0.2, 0) is 9.59 Å². The van der Waals surface area contributed by atoms with Crippen LogP contribution in [-0.4, -0.2) is 56.0 Å². The fraction of sp³-hybridized carbons (Fsp3) is 0.680. The van der Waals surface area contributed by atoms with Gasteiger partial charge in [-0.3, -0.25) is 9.59 Å². The van der Waals surface area contributed by atoms with Gasteiger partial charge < -0.3 is 19.9 Å². The van der Waals surface area contributed by atoms with E-state index in [-0.39, 0.29) is 23.8 Å². The van der Waals surface area contributed by atoms with Crippen molar-refractivity contribution in [1.82, 2.24) is 10.2 Å². The Bertz CT molecular complexity index is 796. The number of benzene rings is 1. The molecule has 0 unspecified atom stereocenters. The SMILES string of the molecule is CCOc1ccccc1N1CCN(C(=O)CNC(=O)C23CC4CC(CC(C4)C2)C3)CC1. The van der Waals surface area contributed by atoms with Gasteiger partial charge in [0.05, 0.1) is 18.8 Å². The zero-order chi connectivity index (χ0) is 21.4. The lowest BCUT2D eigenvalue weighted by Crippen LogP contribution is -2.56. The van der Waals surface area contributed by atoms with E-state index in [0.717, 1.165) is 61.5 Å². The molecule has 1 heterocycles. The highest BCUT2D eigenvalue weighted by Crippen LogP contribution is 2.60. The lowest BCUT2D eigenvalue weighted by Gasteiger charge is -2.55. The lowest BCUT2D eigenvalue weighted by molar-refractivity contribution is -0.148. The zero-order valence-corrected chi connectivity index (χ0v) is 18.6. The molecule has 2 amide bonds. The van der Waals surface area contributed by atoms with Crippen molar-refractivity contribution >= 4 is 17.5 Å². The highest BCUT2D eigenvalue weighted by molar-refractivity contribution is 5.88. The van der Waals surface area contributed by atoms with E-state index >= 15 is 0 Å². The highest BCUT2D eigenvalue weighted by Gasteiger charge is 2.54. The second-order valence-electron chi connectivity index (χ2n) is 10.1. The van der Waals surface area contributed by atoms with Crippen molar-refractivity contribution in [2.45, 2.75) is 45.4 Å². The Kier molecular flexibility index (Phi) is 5.57. The van der Waals surface area contributed by atoms with Crippen molar-refractivity contribution in [2.75, 3.05) is 44.2 Å². The summed E-state index contributed by atoms with van der Waals surface area (Å²) in [6, 6.07) is 8.08. The van der Waals surface area contributed by atoms with Gasteiger partial charge in [-0.15, -0.1) is 0 Å². The number of amides is 2. The number of para-hydroxylation sites is 2. The summed E-state index contributed by atoms with van der Waals surface area (Å²) in [5, 5.41) is 3.04. The molecule has 6 nitrogen and oxygen atoms in total. The number of nitrogens with zero attached hydrogens (tertiary/aromatic N) is 2. The standard InChI is InChI=1S/C25H35N3O3/c1-2-31-22-6-4-3-5-21(22)27-7-9-28(10-8-27)23(29)17-26-24(30)25-14-18-11-19(15-25)13-20(12-18)16-25/h3-6,18-20H,2,7-17H2,1H3,(H,26,30). The molecule has 1 aromatic carbocycles. The number of piperazine rings is 1. The number of anilines is 1. The van der Waals surface area contributed by atoms with Gasteiger partial charge in [-0.25, -0.2) is 0 Å². The predicted molar refractivity (Wildman–Crippen MR) is 120 cm³/mol. The molecule has 31 heavy (non-hydrogen) atoms. The molecule has 5 aliphatic rings. The van der Waals surface area contributed by atoms with Crippen LogP contribution in [0.2, 0.25) is 0 Å². The highest BCUT2D eigenvalue weighted by atomic mass is 16.5. The molecule has 0 atom stereocenters. The van der Waals surface area contributed by atoms with Crippen molar-refractivity contribution in [3.05, 3.63) is 24.3 Å². The molecule has 1 saturated heterocycles. The van der Waals surface area contributed by atoms with Crippen molar-refractivity contribution < 1.29 is 14.3 Å². The molecule has 4 aliphatic carbocycles. The number of nitrogens with one attached hydrogen (secondary N) is 1. The molecule has 4 saturated carbocycles. The van der Waals surface area contributed by atoms with Gasteiger partial charge >= 0.3 is 0 Å². The van der Waals surface area contributed by atoms with Crippen LogP contribution in [0, 0.1) is 23.2 Å². The molecule has 1 N–H and O–H groups in total. The van der Waals surface area contributed by atoms with Gasteiger partial charge in [-0.2, -0.15) is 0 Å². The summed E-state index contributed by atoms with van der Waals surface area (Å²) in [6.45, 7) is 5.66. The van der Waals surface area contributed by atoms with Crippen LogP contribution in [0.5, 0.6) is 5.75 Å². The van der Waals surface area contributed by atoms with Crippen molar-refractivity contribution in [2.24, 2.45) is 23.2 Å². The third-order valence-electron chi connectivity index (χ3n) is 8.06.